The molecule has 0 spiro atoms. The minimum absolute atomic E-state index is 0.172. The van der Waals surface area contributed by atoms with Gasteiger partial charge < -0.3 is 4.90 Å². The van der Waals surface area contributed by atoms with Crippen LogP contribution in [0.1, 0.15) is 21.5 Å². The lowest BCUT2D eigenvalue weighted by Gasteiger charge is -2.23. The van der Waals surface area contributed by atoms with Crippen LogP contribution in [0.3, 0.4) is 0 Å². The lowest BCUT2D eigenvalue weighted by molar-refractivity contribution is 0.0730. The minimum Gasteiger partial charge on any atom is -0.330 e. The molecule has 6 heteroatoms. The first-order valence-electron chi connectivity index (χ1n) is 7.65. The standard InChI is InChI=1S/C19H15Cl2N3O/c20-16-5-6-17(18(21)9-16)19(25)24(12-14-3-1-7-22-10-14)13-15-4-2-8-23-11-15/h1-11H,12-13H2. The predicted molar refractivity (Wildman–Crippen MR) is 98.5 cm³/mol. The highest BCUT2D eigenvalue weighted by Gasteiger charge is 2.19. The van der Waals surface area contributed by atoms with Gasteiger partial charge in [-0.25, -0.2) is 0 Å². The number of aromatic nitrogens is 2. The normalized spacial score (nSPS) is 10.5. The number of hydrogen-bond acceptors (Lipinski definition) is 3. The monoisotopic (exact) mass is 371 g/mol. The molecule has 25 heavy (non-hydrogen) atoms. The molecule has 1 amide bonds. The Morgan fingerprint density at radius 2 is 1.52 bits per heavy atom. The average Bonchev–Trinajstić information content (AvgIpc) is 2.62. The molecule has 2 heterocycles. The van der Waals surface area contributed by atoms with Crippen molar-refractivity contribution in [3.8, 4) is 0 Å². The first-order chi connectivity index (χ1) is 12.1. The van der Waals surface area contributed by atoms with Gasteiger partial charge >= 0.3 is 0 Å². The van der Waals surface area contributed by atoms with E-state index in [1.807, 2.05) is 24.3 Å². The smallest absolute Gasteiger partial charge is 0.255 e. The number of halogens is 2. The van der Waals surface area contributed by atoms with Crippen molar-refractivity contribution in [1.82, 2.24) is 14.9 Å². The van der Waals surface area contributed by atoms with Crippen molar-refractivity contribution in [1.29, 1.82) is 0 Å². The molecule has 0 atom stereocenters. The summed E-state index contributed by atoms with van der Waals surface area (Å²) in [6, 6.07) is 12.4. The summed E-state index contributed by atoms with van der Waals surface area (Å²) in [5.41, 5.74) is 2.29. The summed E-state index contributed by atoms with van der Waals surface area (Å²) < 4.78 is 0. The van der Waals surface area contributed by atoms with Crippen LogP contribution in [0.4, 0.5) is 0 Å². The highest BCUT2D eigenvalue weighted by molar-refractivity contribution is 6.36. The minimum atomic E-state index is -0.172. The fourth-order valence-electron chi connectivity index (χ4n) is 2.46. The van der Waals surface area contributed by atoms with Gasteiger partial charge in [0, 0.05) is 42.9 Å². The molecule has 4 nitrogen and oxygen atoms in total. The molecule has 2 aromatic heterocycles. The van der Waals surface area contributed by atoms with Crippen molar-refractivity contribution < 1.29 is 4.79 Å². The number of hydrogen-bond donors (Lipinski definition) is 0. The van der Waals surface area contributed by atoms with E-state index in [9.17, 15) is 4.79 Å². The Hall–Kier alpha value is -2.43. The van der Waals surface area contributed by atoms with Crippen molar-refractivity contribution in [3.05, 3.63) is 94.0 Å². The van der Waals surface area contributed by atoms with Gasteiger partial charge in [-0.1, -0.05) is 35.3 Å². The number of carbonyl (C=O) groups is 1. The maximum Gasteiger partial charge on any atom is 0.255 e. The fraction of sp³-hybridized carbons (Fsp3) is 0.105. The Morgan fingerprint density at radius 3 is 2.00 bits per heavy atom. The second kappa shape index (κ2) is 8.10. The van der Waals surface area contributed by atoms with Crippen molar-refractivity contribution in [2.75, 3.05) is 0 Å². The van der Waals surface area contributed by atoms with E-state index in [-0.39, 0.29) is 5.91 Å². The van der Waals surface area contributed by atoms with Crippen LogP contribution in [0, 0.1) is 0 Å². The van der Waals surface area contributed by atoms with E-state index in [1.54, 1.807) is 47.9 Å². The zero-order chi connectivity index (χ0) is 17.6. The second-order valence-corrected chi connectivity index (χ2v) is 6.35. The molecule has 126 valence electrons. The SMILES string of the molecule is O=C(c1ccc(Cl)cc1Cl)N(Cc1cccnc1)Cc1cccnc1. The van der Waals surface area contributed by atoms with E-state index >= 15 is 0 Å². The number of carbonyl (C=O) groups excluding carboxylic acids is 1. The van der Waals surface area contributed by atoms with Gasteiger partial charge in [0.1, 0.15) is 0 Å². The number of benzene rings is 1. The van der Waals surface area contributed by atoms with E-state index in [2.05, 4.69) is 9.97 Å². The number of nitrogens with zero attached hydrogens (tertiary/aromatic N) is 3. The van der Waals surface area contributed by atoms with Gasteiger partial charge in [0.05, 0.1) is 10.6 Å². The molecular formula is C19H15Cl2N3O. The van der Waals surface area contributed by atoms with E-state index in [1.165, 1.54) is 0 Å². The zero-order valence-corrected chi connectivity index (χ0v) is 14.8. The van der Waals surface area contributed by atoms with E-state index in [0.29, 0.717) is 28.7 Å². The highest BCUT2D eigenvalue weighted by Crippen LogP contribution is 2.23. The molecular weight excluding hydrogens is 357 g/mol. The average molecular weight is 372 g/mol. The molecule has 3 rings (SSSR count). The summed E-state index contributed by atoms with van der Waals surface area (Å²) >= 11 is 12.2. The van der Waals surface area contributed by atoms with Gasteiger partial charge in [0.15, 0.2) is 0 Å². The summed E-state index contributed by atoms with van der Waals surface area (Å²) in [5.74, 6) is -0.172. The summed E-state index contributed by atoms with van der Waals surface area (Å²) in [7, 11) is 0. The van der Waals surface area contributed by atoms with Crippen molar-refractivity contribution in [3.63, 3.8) is 0 Å². The largest absolute Gasteiger partial charge is 0.330 e. The van der Waals surface area contributed by atoms with E-state index < -0.39 is 0 Å². The van der Waals surface area contributed by atoms with Crippen LogP contribution in [-0.2, 0) is 13.1 Å². The topological polar surface area (TPSA) is 46.1 Å². The van der Waals surface area contributed by atoms with Crippen LogP contribution in [-0.4, -0.2) is 20.8 Å². The molecule has 0 unspecified atom stereocenters. The third kappa shape index (κ3) is 4.56. The summed E-state index contributed by atoms with van der Waals surface area (Å²) in [5, 5.41) is 0.826. The Bertz CT molecular complexity index is 816. The molecule has 0 N–H and O–H groups in total. The maximum absolute atomic E-state index is 13.0. The van der Waals surface area contributed by atoms with E-state index in [4.69, 9.17) is 23.2 Å². The molecule has 0 fully saturated rings. The molecule has 0 aliphatic heterocycles. The molecule has 0 saturated carbocycles. The number of amides is 1. The number of pyridine rings is 2. The molecule has 0 radical (unpaired) electrons. The van der Waals surface area contributed by atoms with Crippen LogP contribution in [0.5, 0.6) is 0 Å². The maximum atomic E-state index is 13.0. The number of rotatable bonds is 5. The Balaban J connectivity index is 1.90. The van der Waals surface area contributed by atoms with Gasteiger partial charge in [-0.05, 0) is 41.5 Å². The third-order valence-corrected chi connectivity index (χ3v) is 4.19. The lowest BCUT2D eigenvalue weighted by Crippen LogP contribution is -2.30. The second-order valence-electron chi connectivity index (χ2n) is 5.51. The first kappa shape index (κ1) is 17.4. The van der Waals surface area contributed by atoms with Gasteiger partial charge in [0.25, 0.3) is 5.91 Å². The Morgan fingerprint density at radius 1 is 0.920 bits per heavy atom. The quantitative estimate of drug-likeness (QED) is 0.656. The van der Waals surface area contributed by atoms with Gasteiger partial charge in [-0.2, -0.15) is 0 Å². The molecule has 0 saturated heterocycles. The Kier molecular flexibility index (Phi) is 5.64. The highest BCUT2D eigenvalue weighted by atomic mass is 35.5. The molecule has 3 aromatic rings. The van der Waals surface area contributed by atoms with Gasteiger partial charge in [-0.15, -0.1) is 0 Å². The van der Waals surface area contributed by atoms with Crippen LogP contribution in [0.15, 0.2) is 67.3 Å². The molecule has 0 aliphatic rings. The van der Waals surface area contributed by atoms with Crippen molar-refractivity contribution in [2.45, 2.75) is 13.1 Å². The third-order valence-electron chi connectivity index (χ3n) is 3.64. The van der Waals surface area contributed by atoms with Crippen molar-refractivity contribution in [2.24, 2.45) is 0 Å². The molecule has 0 bridgehead atoms. The lowest BCUT2D eigenvalue weighted by atomic mass is 10.1. The summed E-state index contributed by atoms with van der Waals surface area (Å²) in [4.78, 5) is 23.0. The van der Waals surface area contributed by atoms with Crippen molar-refractivity contribution >= 4 is 29.1 Å². The Labute approximate surface area is 156 Å². The van der Waals surface area contributed by atoms with Crippen LogP contribution >= 0.6 is 23.2 Å². The molecule has 1 aromatic carbocycles. The summed E-state index contributed by atoms with van der Waals surface area (Å²) in [6.07, 6.45) is 6.89. The molecule has 0 aliphatic carbocycles. The van der Waals surface area contributed by atoms with Crippen LogP contribution in [0.2, 0.25) is 10.0 Å². The summed E-state index contributed by atoms with van der Waals surface area (Å²) in [6.45, 7) is 0.834. The fourth-order valence-corrected chi connectivity index (χ4v) is 2.95. The first-order valence-corrected chi connectivity index (χ1v) is 8.41. The van der Waals surface area contributed by atoms with Gasteiger partial charge in [-0.3, -0.25) is 14.8 Å². The predicted octanol–water partition coefficient (Wildman–Crippen LogP) is 4.63. The van der Waals surface area contributed by atoms with E-state index in [0.717, 1.165) is 11.1 Å². The zero-order valence-electron chi connectivity index (χ0n) is 13.3. The van der Waals surface area contributed by atoms with Crippen LogP contribution in [0.25, 0.3) is 0 Å². The van der Waals surface area contributed by atoms with Crippen LogP contribution < -0.4 is 0 Å². The van der Waals surface area contributed by atoms with Gasteiger partial charge in [0.2, 0.25) is 0 Å².